The molecule has 0 aliphatic heterocycles. The highest BCUT2D eigenvalue weighted by Crippen LogP contribution is 2.24. The van der Waals surface area contributed by atoms with Crippen molar-refractivity contribution >= 4 is 34.4 Å². The topological polar surface area (TPSA) is 88.5 Å². The lowest BCUT2D eigenvalue weighted by Crippen LogP contribution is -2.19. The Bertz CT molecular complexity index is 849. The number of carboxylic acid groups (broad SMARTS) is 1. The SMILES string of the molecule is CCC(C(=O)CC(C)C(=O)Cl)c1ccccc1.CCC(C(=O)CC(C)C(=O)O)c1ccccc1. The third kappa shape index (κ3) is 9.60. The summed E-state index contributed by atoms with van der Waals surface area (Å²) in [6, 6.07) is 19.2. The molecular formula is C28H35ClO5. The van der Waals surface area contributed by atoms with Crippen LogP contribution in [-0.2, 0) is 19.2 Å². The molecule has 5 nitrogen and oxygen atoms in total. The van der Waals surface area contributed by atoms with Crippen LogP contribution in [0.15, 0.2) is 60.7 Å². The first kappa shape index (κ1) is 29.2. The zero-order chi connectivity index (χ0) is 25.7. The number of benzene rings is 2. The first-order valence-corrected chi connectivity index (χ1v) is 12.1. The van der Waals surface area contributed by atoms with Crippen molar-refractivity contribution in [1.82, 2.24) is 0 Å². The highest BCUT2D eigenvalue weighted by molar-refractivity contribution is 6.64. The molecule has 4 atom stereocenters. The van der Waals surface area contributed by atoms with Gasteiger partial charge in [-0.05, 0) is 35.6 Å². The fourth-order valence-corrected chi connectivity index (χ4v) is 3.80. The third-order valence-electron chi connectivity index (χ3n) is 5.82. The number of rotatable bonds is 12. The normalized spacial score (nSPS) is 14.0. The number of carbonyl (C=O) groups is 4. The summed E-state index contributed by atoms with van der Waals surface area (Å²) in [6.45, 7) is 7.17. The second-order valence-corrected chi connectivity index (χ2v) is 8.90. The average molecular weight is 487 g/mol. The second-order valence-electron chi connectivity index (χ2n) is 8.53. The molecule has 0 aliphatic carbocycles. The van der Waals surface area contributed by atoms with Crippen molar-refractivity contribution in [2.45, 2.75) is 65.2 Å². The maximum atomic E-state index is 12.1. The minimum atomic E-state index is -0.915. The van der Waals surface area contributed by atoms with Gasteiger partial charge in [-0.25, -0.2) is 0 Å². The van der Waals surface area contributed by atoms with E-state index in [0.717, 1.165) is 17.5 Å². The molecule has 0 fully saturated rings. The van der Waals surface area contributed by atoms with Gasteiger partial charge in [0.2, 0.25) is 5.24 Å². The van der Waals surface area contributed by atoms with Crippen molar-refractivity contribution in [3.63, 3.8) is 0 Å². The Morgan fingerprint density at radius 2 is 1.06 bits per heavy atom. The third-order valence-corrected chi connectivity index (χ3v) is 6.19. The zero-order valence-electron chi connectivity index (χ0n) is 20.4. The molecule has 0 saturated heterocycles. The Kier molecular flexibility index (Phi) is 13.1. The van der Waals surface area contributed by atoms with E-state index in [1.165, 1.54) is 0 Å². The Morgan fingerprint density at radius 1 is 0.706 bits per heavy atom. The van der Waals surface area contributed by atoms with Crippen LogP contribution in [0, 0.1) is 11.8 Å². The second kappa shape index (κ2) is 15.2. The molecule has 34 heavy (non-hydrogen) atoms. The number of ketones is 2. The number of halogens is 1. The number of Topliss-reactive ketones (excluding diaryl/α,β-unsaturated/α-hetero) is 2. The lowest BCUT2D eigenvalue weighted by Gasteiger charge is -2.15. The standard InChI is InChI=1S/C14H17ClO2.C14H18O3/c1-3-12(11-7-5-4-6-8-11)13(16)9-10(2)14(15)17;1-3-12(11-7-5-4-6-8-11)13(15)9-10(2)14(16)17/h4-8,10,12H,3,9H2,1-2H3;4-8,10,12H,3,9H2,1-2H3,(H,16,17). The Hall–Kier alpha value is -2.79. The van der Waals surface area contributed by atoms with Gasteiger partial charge in [0.25, 0.3) is 0 Å². The van der Waals surface area contributed by atoms with Gasteiger partial charge in [-0.1, -0.05) is 88.4 Å². The molecule has 0 spiro atoms. The van der Waals surface area contributed by atoms with E-state index < -0.39 is 23.0 Å². The molecule has 4 unspecified atom stereocenters. The van der Waals surface area contributed by atoms with E-state index in [4.69, 9.17) is 16.7 Å². The van der Waals surface area contributed by atoms with Crippen LogP contribution in [0.3, 0.4) is 0 Å². The maximum absolute atomic E-state index is 12.1. The minimum absolute atomic E-state index is 0.00796. The largest absolute Gasteiger partial charge is 0.481 e. The average Bonchev–Trinajstić information content (AvgIpc) is 2.81. The molecule has 2 rings (SSSR count). The molecule has 0 bridgehead atoms. The summed E-state index contributed by atoms with van der Waals surface area (Å²) < 4.78 is 0. The number of carbonyl (C=O) groups excluding carboxylic acids is 3. The maximum Gasteiger partial charge on any atom is 0.306 e. The fourth-order valence-electron chi connectivity index (χ4n) is 3.72. The molecule has 0 radical (unpaired) electrons. The van der Waals surface area contributed by atoms with Crippen molar-refractivity contribution in [2.24, 2.45) is 11.8 Å². The first-order chi connectivity index (χ1) is 16.1. The number of carboxylic acids is 1. The van der Waals surface area contributed by atoms with Crippen molar-refractivity contribution in [1.29, 1.82) is 0 Å². The number of hydrogen-bond acceptors (Lipinski definition) is 4. The van der Waals surface area contributed by atoms with E-state index in [9.17, 15) is 19.2 Å². The van der Waals surface area contributed by atoms with Gasteiger partial charge in [0.1, 0.15) is 11.6 Å². The van der Waals surface area contributed by atoms with Gasteiger partial charge in [-0.2, -0.15) is 0 Å². The molecule has 2 aromatic carbocycles. The summed E-state index contributed by atoms with van der Waals surface area (Å²) in [5, 5.41) is 8.36. The molecule has 0 saturated carbocycles. The van der Waals surface area contributed by atoms with Crippen LogP contribution in [0.1, 0.15) is 76.3 Å². The lowest BCUT2D eigenvalue weighted by molar-refractivity contribution is -0.143. The van der Waals surface area contributed by atoms with Gasteiger partial charge in [-0.3, -0.25) is 19.2 Å². The van der Waals surface area contributed by atoms with Crippen LogP contribution >= 0.6 is 11.6 Å². The lowest BCUT2D eigenvalue weighted by atomic mass is 9.88. The summed E-state index contributed by atoms with van der Waals surface area (Å²) in [4.78, 5) is 45.8. The number of hydrogen-bond donors (Lipinski definition) is 1. The molecular weight excluding hydrogens is 452 g/mol. The molecule has 0 aliphatic rings. The summed E-state index contributed by atoms with van der Waals surface area (Å²) in [5.74, 6) is -2.15. The van der Waals surface area contributed by atoms with Gasteiger partial charge in [-0.15, -0.1) is 0 Å². The summed E-state index contributed by atoms with van der Waals surface area (Å²) in [6.07, 6.45) is 1.76. The van der Waals surface area contributed by atoms with E-state index >= 15 is 0 Å². The van der Waals surface area contributed by atoms with Crippen LogP contribution in [0.25, 0.3) is 0 Å². The van der Waals surface area contributed by atoms with E-state index in [1.54, 1.807) is 13.8 Å². The monoisotopic (exact) mass is 486 g/mol. The molecule has 0 amide bonds. The fraction of sp³-hybridized carbons (Fsp3) is 0.429. The van der Waals surface area contributed by atoms with E-state index in [-0.39, 0.29) is 36.2 Å². The van der Waals surface area contributed by atoms with Gasteiger partial charge in [0.05, 0.1) is 5.92 Å². The summed E-state index contributed by atoms with van der Waals surface area (Å²) in [7, 11) is 0. The van der Waals surface area contributed by atoms with Crippen LogP contribution < -0.4 is 0 Å². The number of aliphatic carboxylic acids is 1. The van der Waals surface area contributed by atoms with Gasteiger partial charge in [0.15, 0.2) is 0 Å². The zero-order valence-corrected chi connectivity index (χ0v) is 21.1. The van der Waals surface area contributed by atoms with Crippen molar-refractivity contribution in [3.8, 4) is 0 Å². The van der Waals surface area contributed by atoms with E-state index in [1.807, 2.05) is 74.5 Å². The van der Waals surface area contributed by atoms with Gasteiger partial charge in [0, 0.05) is 30.6 Å². The molecule has 6 heteroatoms. The summed E-state index contributed by atoms with van der Waals surface area (Å²) in [5.41, 5.74) is 1.98. The van der Waals surface area contributed by atoms with Crippen molar-refractivity contribution < 1.29 is 24.3 Å². The molecule has 1 N–H and O–H groups in total. The molecule has 0 heterocycles. The highest BCUT2D eigenvalue weighted by Gasteiger charge is 2.24. The predicted molar refractivity (Wildman–Crippen MR) is 135 cm³/mol. The van der Waals surface area contributed by atoms with Gasteiger partial charge < -0.3 is 5.11 Å². The van der Waals surface area contributed by atoms with Crippen LogP contribution in [-0.4, -0.2) is 27.9 Å². The molecule has 184 valence electrons. The smallest absolute Gasteiger partial charge is 0.306 e. The Morgan fingerprint density at radius 3 is 1.35 bits per heavy atom. The Balaban J connectivity index is 0.000000340. The minimum Gasteiger partial charge on any atom is -0.481 e. The van der Waals surface area contributed by atoms with Crippen molar-refractivity contribution in [3.05, 3.63) is 71.8 Å². The van der Waals surface area contributed by atoms with Crippen molar-refractivity contribution in [2.75, 3.05) is 0 Å². The first-order valence-electron chi connectivity index (χ1n) is 11.7. The molecule has 2 aromatic rings. The van der Waals surface area contributed by atoms with Crippen LogP contribution in [0.4, 0.5) is 0 Å². The summed E-state index contributed by atoms with van der Waals surface area (Å²) >= 11 is 5.38. The van der Waals surface area contributed by atoms with Crippen LogP contribution in [0.2, 0.25) is 0 Å². The van der Waals surface area contributed by atoms with Crippen LogP contribution in [0.5, 0.6) is 0 Å². The van der Waals surface area contributed by atoms with Gasteiger partial charge >= 0.3 is 5.97 Å². The predicted octanol–water partition coefficient (Wildman–Crippen LogP) is 6.40. The highest BCUT2D eigenvalue weighted by atomic mass is 35.5. The molecule has 0 aromatic heterocycles. The van der Waals surface area contributed by atoms with E-state index in [0.29, 0.717) is 6.42 Å². The Labute approximate surface area is 207 Å². The van der Waals surface area contributed by atoms with E-state index in [2.05, 4.69) is 0 Å². The quantitative estimate of drug-likeness (QED) is 0.350.